The topological polar surface area (TPSA) is 133 Å². The van der Waals surface area contributed by atoms with E-state index in [4.69, 9.17) is 0 Å². The Kier molecular flexibility index (Phi) is 7.50. The molecule has 3 rings (SSSR count). The number of anilines is 2. The van der Waals surface area contributed by atoms with Crippen LogP contribution in [0, 0.1) is 17.2 Å². The van der Waals surface area contributed by atoms with E-state index in [2.05, 4.69) is 30.9 Å². The number of hydrogen-bond donors (Lipinski definition) is 3. The lowest BCUT2D eigenvalue weighted by molar-refractivity contribution is -0.117. The largest absolute Gasteiger partial charge is 0.378 e. The second-order valence-electron chi connectivity index (χ2n) is 7.08. The molecule has 2 aromatic rings. The first-order chi connectivity index (χ1) is 15.0. The summed E-state index contributed by atoms with van der Waals surface area (Å²) in [4.78, 5) is 35.3. The van der Waals surface area contributed by atoms with Gasteiger partial charge < -0.3 is 20.7 Å². The number of alkyl halides is 2. The lowest BCUT2D eigenvalue weighted by Gasteiger charge is -2.19. The molecule has 0 radical (unpaired) electrons. The van der Waals surface area contributed by atoms with Crippen molar-refractivity contribution in [3.8, 4) is 17.3 Å². The highest BCUT2D eigenvalue weighted by Crippen LogP contribution is 2.30. The molecule has 2 aromatic heterocycles. The zero-order valence-corrected chi connectivity index (χ0v) is 16.5. The molecule has 3 N–H and O–H groups in total. The van der Waals surface area contributed by atoms with Gasteiger partial charge in [-0.1, -0.05) is 0 Å². The summed E-state index contributed by atoms with van der Waals surface area (Å²) in [6, 6.07) is 3.08. The molecule has 0 spiro atoms. The van der Waals surface area contributed by atoms with E-state index in [0.717, 1.165) is 12.8 Å². The van der Waals surface area contributed by atoms with E-state index in [0.29, 0.717) is 29.0 Å². The van der Waals surface area contributed by atoms with Crippen molar-refractivity contribution in [1.82, 2.24) is 20.3 Å². The highest BCUT2D eigenvalue weighted by Gasteiger charge is 2.29. The lowest BCUT2D eigenvalue weighted by Crippen LogP contribution is -2.35. The van der Waals surface area contributed by atoms with Gasteiger partial charge in [0.25, 0.3) is 6.43 Å². The van der Waals surface area contributed by atoms with Crippen LogP contribution in [0.5, 0.6) is 0 Å². The molecule has 1 saturated carbocycles. The molecule has 1 fully saturated rings. The normalized spacial score (nSPS) is 14.0. The predicted molar refractivity (Wildman–Crippen MR) is 108 cm³/mol. The second-order valence-corrected chi connectivity index (χ2v) is 7.08. The van der Waals surface area contributed by atoms with Gasteiger partial charge in [0.2, 0.25) is 5.91 Å². The molecule has 1 unspecified atom stereocenters. The number of nitrogens with one attached hydrogen (secondary N) is 3. The molecule has 0 saturated heterocycles. The Morgan fingerprint density at radius 2 is 2.03 bits per heavy atom. The summed E-state index contributed by atoms with van der Waals surface area (Å²) in [5.41, 5.74) is 1.46. The average molecular weight is 429 g/mol. The van der Waals surface area contributed by atoms with Gasteiger partial charge in [0.15, 0.2) is 11.5 Å². The molecule has 1 amide bonds. The summed E-state index contributed by atoms with van der Waals surface area (Å²) < 4.78 is 24.7. The van der Waals surface area contributed by atoms with Gasteiger partial charge in [-0.05, 0) is 18.9 Å². The fourth-order valence-corrected chi connectivity index (χ4v) is 2.82. The van der Waals surface area contributed by atoms with Crippen LogP contribution in [0.2, 0.25) is 0 Å². The minimum Gasteiger partial charge on any atom is -0.378 e. The van der Waals surface area contributed by atoms with Crippen molar-refractivity contribution in [1.29, 1.82) is 5.26 Å². The molecule has 2 heterocycles. The molecular formula is C20H21F2N7O2. The van der Waals surface area contributed by atoms with Crippen molar-refractivity contribution < 1.29 is 18.4 Å². The summed E-state index contributed by atoms with van der Waals surface area (Å²) in [5.74, 6) is 0.319. The molecule has 0 aromatic carbocycles. The quantitative estimate of drug-likeness (QED) is 0.462. The lowest BCUT2D eigenvalue weighted by atomic mass is 10.1. The number of carbonyl (C=O) groups is 2. The maximum absolute atomic E-state index is 12.4. The number of amides is 1. The number of rotatable bonds is 11. The summed E-state index contributed by atoms with van der Waals surface area (Å²) in [6.07, 6.45) is 4.35. The van der Waals surface area contributed by atoms with Crippen molar-refractivity contribution in [3.05, 3.63) is 30.4 Å². The fourth-order valence-electron chi connectivity index (χ4n) is 2.82. The van der Waals surface area contributed by atoms with Gasteiger partial charge in [0.05, 0.1) is 30.3 Å². The smallest absolute Gasteiger partial charge is 0.250 e. The van der Waals surface area contributed by atoms with E-state index < -0.39 is 19.0 Å². The van der Waals surface area contributed by atoms with E-state index in [9.17, 15) is 23.6 Å². The van der Waals surface area contributed by atoms with Crippen molar-refractivity contribution in [2.45, 2.75) is 31.7 Å². The zero-order chi connectivity index (χ0) is 22.2. The third-order valence-corrected chi connectivity index (χ3v) is 4.57. The third-order valence-electron chi connectivity index (χ3n) is 4.57. The Morgan fingerprint density at radius 3 is 2.65 bits per heavy atom. The molecule has 1 atom stereocenters. The first-order valence-electron chi connectivity index (χ1n) is 9.72. The third kappa shape index (κ3) is 6.48. The van der Waals surface area contributed by atoms with Gasteiger partial charge >= 0.3 is 0 Å². The van der Waals surface area contributed by atoms with Crippen LogP contribution in [0.15, 0.2) is 24.7 Å². The Hall–Kier alpha value is -3.52. The Morgan fingerprint density at radius 1 is 1.23 bits per heavy atom. The van der Waals surface area contributed by atoms with E-state index in [1.165, 1.54) is 18.6 Å². The Bertz CT molecular complexity index is 959. The number of aldehydes is 1. The van der Waals surface area contributed by atoms with Gasteiger partial charge in [-0.3, -0.25) is 9.78 Å². The van der Waals surface area contributed by atoms with Crippen molar-refractivity contribution >= 4 is 23.7 Å². The number of carbonyl (C=O) groups excluding carboxylic acids is 2. The van der Waals surface area contributed by atoms with Crippen LogP contribution >= 0.6 is 0 Å². The van der Waals surface area contributed by atoms with E-state index >= 15 is 0 Å². The van der Waals surface area contributed by atoms with E-state index in [-0.39, 0.29) is 30.5 Å². The fraction of sp³-hybridized carbons (Fsp3) is 0.400. The summed E-state index contributed by atoms with van der Waals surface area (Å²) >= 11 is 0. The highest BCUT2D eigenvalue weighted by atomic mass is 19.3. The summed E-state index contributed by atoms with van der Waals surface area (Å²) in [6.45, 7) is -0.396. The van der Waals surface area contributed by atoms with Gasteiger partial charge in [0, 0.05) is 36.7 Å². The second kappa shape index (κ2) is 10.5. The van der Waals surface area contributed by atoms with Gasteiger partial charge in [-0.15, -0.1) is 0 Å². The van der Waals surface area contributed by atoms with Crippen molar-refractivity contribution in [3.63, 3.8) is 0 Å². The van der Waals surface area contributed by atoms with Gasteiger partial charge in [-0.2, -0.15) is 5.26 Å². The SMILES string of the molecule is N#Cc1ncc(-c2cnc(NC(=O)C3CC3)cn2)cc1NC(CC=O)CNCC(F)F. The van der Waals surface area contributed by atoms with Crippen LogP contribution in [0.4, 0.5) is 20.3 Å². The molecule has 0 bridgehead atoms. The van der Waals surface area contributed by atoms with Crippen molar-refractivity contribution in [2.24, 2.45) is 5.92 Å². The molecule has 11 heteroatoms. The minimum atomic E-state index is -2.51. The van der Waals surface area contributed by atoms with Crippen molar-refractivity contribution in [2.75, 3.05) is 23.7 Å². The van der Waals surface area contributed by atoms with Gasteiger partial charge in [-0.25, -0.2) is 18.7 Å². The van der Waals surface area contributed by atoms with Gasteiger partial charge in [0.1, 0.15) is 12.4 Å². The number of hydrogen-bond acceptors (Lipinski definition) is 8. The monoisotopic (exact) mass is 429 g/mol. The number of nitrogens with zero attached hydrogens (tertiary/aromatic N) is 4. The molecule has 162 valence electrons. The predicted octanol–water partition coefficient (Wildman–Crippen LogP) is 1.98. The maximum Gasteiger partial charge on any atom is 0.250 e. The first-order valence-corrected chi connectivity index (χ1v) is 9.72. The maximum atomic E-state index is 12.4. The van der Waals surface area contributed by atoms with Crippen LogP contribution < -0.4 is 16.0 Å². The molecule has 1 aliphatic carbocycles. The Labute approximate surface area is 177 Å². The average Bonchev–Trinajstić information content (AvgIpc) is 3.60. The summed E-state index contributed by atoms with van der Waals surface area (Å²) in [5, 5.41) is 17.6. The van der Waals surface area contributed by atoms with E-state index in [1.807, 2.05) is 6.07 Å². The molecule has 0 aliphatic heterocycles. The number of halogens is 2. The van der Waals surface area contributed by atoms with Crippen LogP contribution in [-0.2, 0) is 9.59 Å². The van der Waals surface area contributed by atoms with E-state index in [1.54, 1.807) is 6.07 Å². The Balaban J connectivity index is 1.73. The minimum absolute atomic E-state index is 0.0485. The first kappa shape index (κ1) is 22.2. The number of pyridine rings is 1. The van der Waals surface area contributed by atoms with Crippen LogP contribution in [0.25, 0.3) is 11.3 Å². The number of nitriles is 1. The molecule has 9 nitrogen and oxygen atoms in total. The van der Waals surface area contributed by atoms with Crippen LogP contribution in [-0.4, -0.2) is 52.7 Å². The zero-order valence-electron chi connectivity index (χ0n) is 16.5. The molecular weight excluding hydrogens is 408 g/mol. The van der Waals surface area contributed by atoms with Crippen LogP contribution in [0.1, 0.15) is 25.0 Å². The number of aromatic nitrogens is 3. The molecule has 1 aliphatic rings. The summed E-state index contributed by atoms with van der Waals surface area (Å²) in [7, 11) is 0. The van der Waals surface area contributed by atoms with Crippen LogP contribution in [0.3, 0.4) is 0 Å². The standard InChI is InChI=1S/C20H21F2N7O2/c21-18(22)10-24-8-14(3-4-30)28-15-5-13(7-25-16(15)6-23)17-9-27-19(11-26-17)29-20(31)12-1-2-12/h4-5,7,9,11-12,14,18,24,28H,1-3,8,10H2,(H,27,29,31). The highest BCUT2D eigenvalue weighted by molar-refractivity contribution is 5.93. The molecule has 31 heavy (non-hydrogen) atoms.